The molecule has 132 valence electrons. The van der Waals surface area contributed by atoms with E-state index < -0.39 is 48.1 Å². The van der Waals surface area contributed by atoms with Crippen LogP contribution in [0.25, 0.3) is 0 Å². The number of aromatic nitrogens is 2. The molecule has 1 aromatic heterocycles. The van der Waals surface area contributed by atoms with Gasteiger partial charge in [-0.15, -0.1) is 0 Å². The molecule has 0 saturated heterocycles. The largest absolute Gasteiger partial charge is 0.480 e. The van der Waals surface area contributed by atoms with E-state index in [2.05, 4.69) is 0 Å². The van der Waals surface area contributed by atoms with Crippen molar-refractivity contribution >= 4 is 11.9 Å². The Morgan fingerprint density at radius 2 is 1.84 bits per heavy atom. The minimum absolute atomic E-state index is 0.119. The first kappa shape index (κ1) is 18.1. The summed E-state index contributed by atoms with van der Waals surface area (Å²) in [6.07, 6.45) is 0.576. The highest BCUT2D eigenvalue weighted by Crippen LogP contribution is 2.09. The number of hydrogen-bond acceptors (Lipinski definition) is 5. The predicted molar refractivity (Wildman–Crippen MR) is 83.0 cm³/mol. The van der Waals surface area contributed by atoms with Crippen LogP contribution in [0.1, 0.15) is 15.9 Å². The SMILES string of the molecule is N[C@@H](Cn1cc(F)c(=O)n(Cc2ccccc2C(=O)O)c1=O)C(=O)O. The van der Waals surface area contributed by atoms with E-state index in [9.17, 15) is 23.6 Å². The van der Waals surface area contributed by atoms with E-state index in [1.807, 2.05) is 0 Å². The average molecular weight is 351 g/mol. The number of nitrogens with zero attached hydrogens (tertiary/aromatic N) is 2. The third kappa shape index (κ3) is 3.80. The smallest absolute Gasteiger partial charge is 0.336 e. The number of carboxylic acid groups (broad SMARTS) is 2. The Morgan fingerprint density at radius 3 is 2.44 bits per heavy atom. The Balaban J connectivity index is 2.54. The molecule has 0 bridgehead atoms. The lowest BCUT2D eigenvalue weighted by atomic mass is 10.1. The standard InChI is InChI=1S/C15H14FN3O6/c16-10-6-18(7-11(17)14(23)24)15(25)19(12(10)20)5-8-3-1-2-4-9(8)13(21)22/h1-4,6,11H,5,7,17H2,(H,21,22)(H,23,24)/t11-/m0/s1. The minimum Gasteiger partial charge on any atom is -0.480 e. The van der Waals surface area contributed by atoms with Gasteiger partial charge in [0.05, 0.1) is 24.8 Å². The maximum atomic E-state index is 13.8. The van der Waals surface area contributed by atoms with Crippen molar-refractivity contribution in [2.24, 2.45) is 5.73 Å². The number of halogens is 1. The second-order valence-corrected chi connectivity index (χ2v) is 5.21. The van der Waals surface area contributed by atoms with E-state index in [0.717, 1.165) is 0 Å². The van der Waals surface area contributed by atoms with Crippen molar-refractivity contribution in [1.82, 2.24) is 9.13 Å². The lowest BCUT2D eigenvalue weighted by molar-refractivity contribution is -0.138. The average Bonchev–Trinajstić information content (AvgIpc) is 2.56. The summed E-state index contributed by atoms with van der Waals surface area (Å²) in [6.45, 7) is -1.04. The zero-order valence-electron chi connectivity index (χ0n) is 12.8. The van der Waals surface area contributed by atoms with Gasteiger partial charge in [-0.1, -0.05) is 18.2 Å². The van der Waals surface area contributed by atoms with Gasteiger partial charge in [0.15, 0.2) is 0 Å². The number of nitrogens with two attached hydrogens (primary N) is 1. The fourth-order valence-electron chi connectivity index (χ4n) is 2.22. The number of carbonyl (C=O) groups is 2. The Hall–Kier alpha value is -3.27. The van der Waals surface area contributed by atoms with Crippen molar-refractivity contribution in [3.05, 3.63) is 68.2 Å². The molecule has 1 aromatic carbocycles. The second-order valence-electron chi connectivity index (χ2n) is 5.21. The predicted octanol–water partition coefficient (Wildman–Crippen LogP) is -0.692. The van der Waals surface area contributed by atoms with Gasteiger partial charge in [-0.2, -0.15) is 4.39 Å². The van der Waals surface area contributed by atoms with Crippen LogP contribution in [0.2, 0.25) is 0 Å². The summed E-state index contributed by atoms with van der Waals surface area (Å²) >= 11 is 0. The fourth-order valence-corrected chi connectivity index (χ4v) is 2.22. The zero-order chi connectivity index (χ0) is 18.7. The molecule has 4 N–H and O–H groups in total. The highest BCUT2D eigenvalue weighted by atomic mass is 19.1. The van der Waals surface area contributed by atoms with Crippen molar-refractivity contribution in [3.8, 4) is 0 Å². The van der Waals surface area contributed by atoms with Gasteiger partial charge in [-0.3, -0.25) is 18.7 Å². The molecule has 0 aliphatic carbocycles. The number of carboxylic acids is 2. The lowest BCUT2D eigenvalue weighted by Gasteiger charge is -2.13. The van der Waals surface area contributed by atoms with Crippen LogP contribution < -0.4 is 17.0 Å². The number of benzene rings is 1. The van der Waals surface area contributed by atoms with E-state index in [-0.39, 0.29) is 11.1 Å². The molecule has 0 radical (unpaired) electrons. The highest BCUT2D eigenvalue weighted by molar-refractivity contribution is 5.89. The summed E-state index contributed by atoms with van der Waals surface area (Å²) in [5, 5.41) is 17.9. The van der Waals surface area contributed by atoms with E-state index in [1.165, 1.54) is 24.3 Å². The van der Waals surface area contributed by atoms with Gasteiger partial charge in [-0.05, 0) is 11.6 Å². The summed E-state index contributed by atoms with van der Waals surface area (Å²) in [6, 6.07) is 4.15. The molecule has 0 aliphatic rings. The highest BCUT2D eigenvalue weighted by Gasteiger charge is 2.18. The first-order valence-electron chi connectivity index (χ1n) is 7.01. The zero-order valence-corrected chi connectivity index (χ0v) is 12.8. The van der Waals surface area contributed by atoms with E-state index in [1.54, 1.807) is 0 Å². The molecule has 0 fully saturated rings. The molecule has 0 spiro atoms. The molecule has 1 atom stereocenters. The van der Waals surface area contributed by atoms with Crippen molar-refractivity contribution in [2.45, 2.75) is 19.1 Å². The van der Waals surface area contributed by atoms with Crippen LogP contribution in [0, 0.1) is 5.82 Å². The third-order valence-electron chi connectivity index (χ3n) is 3.48. The van der Waals surface area contributed by atoms with Gasteiger partial charge in [0.1, 0.15) is 6.04 Å². The van der Waals surface area contributed by atoms with E-state index >= 15 is 0 Å². The molecule has 1 heterocycles. The molecule has 0 unspecified atom stereocenters. The first-order valence-corrected chi connectivity index (χ1v) is 7.01. The quantitative estimate of drug-likeness (QED) is 0.624. The van der Waals surface area contributed by atoms with Crippen LogP contribution in [0.5, 0.6) is 0 Å². The van der Waals surface area contributed by atoms with Gasteiger partial charge in [0.2, 0.25) is 5.82 Å². The second kappa shape index (κ2) is 7.09. The molecular weight excluding hydrogens is 337 g/mol. The molecule has 10 heteroatoms. The Labute approximate surface area is 139 Å². The van der Waals surface area contributed by atoms with Crippen LogP contribution in [-0.2, 0) is 17.9 Å². The molecule has 2 aromatic rings. The Bertz CT molecular complexity index is 949. The van der Waals surface area contributed by atoms with Gasteiger partial charge >= 0.3 is 17.6 Å². The maximum absolute atomic E-state index is 13.8. The monoisotopic (exact) mass is 351 g/mol. The molecule has 25 heavy (non-hydrogen) atoms. The first-order chi connectivity index (χ1) is 11.7. The Morgan fingerprint density at radius 1 is 1.20 bits per heavy atom. The van der Waals surface area contributed by atoms with Crippen molar-refractivity contribution in [3.63, 3.8) is 0 Å². The fraction of sp³-hybridized carbons (Fsp3) is 0.200. The molecule has 0 saturated carbocycles. The summed E-state index contributed by atoms with van der Waals surface area (Å²) in [7, 11) is 0. The number of rotatable bonds is 6. The van der Waals surface area contributed by atoms with E-state index in [4.69, 9.17) is 15.9 Å². The summed E-state index contributed by atoms with van der Waals surface area (Å²) in [5.74, 6) is -3.96. The third-order valence-corrected chi connectivity index (χ3v) is 3.48. The maximum Gasteiger partial charge on any atom is 0.336 e. The van der Waals surface area contributed by atoms with Crippen molar-refractivity contribution in [1.29, 1.82) is 0 Å². The number of hydrogen-bond donors (Lipinski definition) is 3. The number of aromatic carboxylic acids is 1. The van der Waals surface area contributed by atoms with E-state index in [0.29, 0.717) is 15.3 Å². The molecule has 2 rings (SSSR count). The van der Waals surface area contributed by atoms with Crippen LogP contribution >= 0.6 is 0 Å². The minimum atomic E-state index is -1.48. The van der Waals surface area contributed by atoms with Gasteiger partial charge < -0.3 is 15.9 Å². The van der Waals surface area contributed by atoms with Crippen molar-refractivity contribution in [2.75, 3.05) is 0 Å². The van der Waals surface area contributed by atoms with Gasteiger partial charge in [0, 0.05) is 0 Å². The van der Waals surface area contributed by atoms with Crippen LogP contribution in [0.4, 0.5) is 4.39 Å². The lowest BCUT2D eigenvalue weighted by Crippen LogP contribution is -2.45. The van der Waals surface area contributed by atoms with Crippen LogP contribution in [0.15, 0.2) is 40.1 Å². The van der Waals surface area contributed by atoms with Crippen molar-refractivity contribution < 1.29 is 24.2 Å². The Kier molecular flexibility index (Phi) is 5.13. The molecule has 0 aliphatic heterocycles. The molecular formula is C15H14FN3O6. The molecule has 9 nitrogen and oxygen atoms in total. The summed E-state index contributed by atoms with van der Waals surface area (Å²) < 4.78 is 15.0. The summed E-state index contributed by atoms with van der Waals surface area (Å²) in [5.41, 5.74) is 3.06. The molecule has 0 amide bonds. The summed E-state index contributed by atoms with van der Waals surface area (Å²) in [4.78, 5) is 46.3. The topological polar surface area (TPSA) is 145 Å². The van der Waals surface area contributed by atoms with Crippen LogP contribution in [-0.4, -0.2) is 37.3 Å². The van der Waals surface area contributed by atoms with Gasteiger partial charge in [0.25, 0.3) is 5.56 Å². The normalized spacial score (nSPS) is 11.9. The van der Waals surface area contributed by atoms with Crippen LogP contribution in [0.3, 0.4) is 0 Å². The van der Waals surface area contributed by atoms with Gasteiger partial charge in [-0.25, -0.2) is 9.59 Å². The number of aliphatic carboxylic acids is 1.